The third-order valence-electron chi connectivity index (χ3n) is 7.92. The predicted molar refractivity (Wildman–Crippen MR) is 187 cm³/mol. The number of alkyl halides is 6. The second kappa shape index (κ2) is 14.6. The first kappa shape index (κ1) is 38.3. The molecule has 0 saturated carbocycles. The molecule has 0 unspecified atom stereocenters. The highest BCUT2D eigenvalue weighted by Gasteiger charge is 2.49. The molecule has 1 aliphatic carbocycles. The van der Waals surface area contributed by atoms with Crippen LogP contribution in [0.25, 0.3) is 11.1 Å². The van der Waals surface area contributed by atoms with Gasteiger partial charge in [-0.1, -0.05) is 45.2 Å². The summed E-state index contributed by atoms with van der Waals surface area (Å²) >= 11 is 0. The van der Waals surface area contributed by atoms with E-state index in [1.807, 2.05) is 0 Å². The molecular formula is C35H36F6N12. The van der Waals surface area contributed by atoms with Crippen LogP contribution in [0.4, 0.5) is 49.1 Å². The zero-order valence-electron chi connectivity index (χ0n) is 30.1. The van der Waals surface area contributed by atoms with E-state index >= 15 is 0 Å². The van der Waals surface area contributed by atoms with Crippen LogP contribution in [-0.4, -0.2) is 76.4 Å². The quantitative estimate of drug-likeness (QED) is 0.0806. The Bertz CT molecular complexity index is 1950. The van der Waals surface area contributed by atoms with E-state index in [0.29, 0.717) is 33.6 Å². The molecule has 12 nitrogen and oxygen atoms in total. The van der Waals surface area contributed by atoms with Crippen LogP contribution in [0.1, 0.15) is 33.4 Å². The van der Waals surface area contributed by atoms with E-state index in [1.54, 1.807) is 64.6 Å². The van der Waals surface area contributed by atoms with E-state index in [9.17, 15) is 26.3 Å². The minimum absolute atomic E-state index is 0.00665. The Morgan fingerprint density at radius 1 is 0.434 bits per heavy atom. The van der Waals surface area contributed by atoms with Crippen LogP contribution in [0.3, 0.4) is 0 Å². The topological polar surface area (TPSA) is 112 Å². The zero-order valence-corrected chi connectivity index (χ0v) is 30.1. The second-order valence-corrected chi connectivity index (χ2v) is 12.8. The number of halogens is 6. The number of hydrogen-bond acceptors (Lipinski definition) is 8. The van der Waals surface area contributed by atoms with Crippen LogP contribution in [-0.2, 0) is 17.8 Å². The van der Waals surface area contributed by atoms with E-state index < -0.39 is 40.3 Å². The van der Waals surface area contributed by atoms with E-state index in [1.165, 1.54) is 60.4 Å². The molecule has 0 bridgehead atoms. The van der Waals surface area contributed by atoms with Crippen molar-refractivity contribution in [1.29, 1.82) is 0 Å². The molecule has 18 heteroatoms. The van der Waals surface area contributed by atoms with Gasteiger partial charge in [-0.25, -0.2) is 0 Å². The van der Waals surface area contributed by atoms with Gasteiger partial charge in [0.25, 0.3) is 0 Å². The van der Waals surface area contributed by atoms with Crippen LogP contribution in [0, 0.1) is 0 Å². The highest BCUT2D eigenvalue weighted by molar-refractivity contribution is 5.88. The fraction of sp³-hybridized carbons (Fsp3) is 0.314. The summed E-state index contributed by atoms with van der Waals surface area (Å²) in [5.74, 6) is 0. The van der Waals surface area contributed by atoms with Gasteiger partial charge in [0, 0.05) is 56.4 Å². The first-order valence-electron chi connectivity index (χ1n) is 15.9. The van der Waals surface area contributed by atoms with Crippen molar-refractivity contribution >= 4 is 22.7 Å². The molecule has 4 aromatic rings. The molecule has 0 fully saturated rings. The smallest absolute Gasteiger partial charge is 0.285 e. The Labute approximate surface area is 301 Å². The van der Waals surface area contributed by atoms with E-state index in [2.05, 4.69) is 41.4 Å². The lowest BCUT2D eigenvalue weighted by Gasteiger charge is -2.35. The molecule has 0 saturated heterocycles. The Morgan fingerprint density at radius 2 is 0.774 bits per heavy atom. The zero-order chi connectivity index (χ0) is 38.9. The molecule has 0 amide bonds. The summed E-state index contributed by atoms with van der Waals surface area (Å²) in [6, 6.07) is 16.9. The maximum Gasteiger partial charge on any atom is 0.418 e. The van der Waals surface area contributed by atoms with Gasteiger partial charge >= 0.3 is 12.4 Å². The second-order valence-electron chi connectivity index (χ2n) is 12.8. The summed E-state index contributed by atoms with van der Waals surface area (Å²) in [7, 11) is 12.6. The summed E-state index contributed by atoms with van der Waals surface area (Å²) in [5, 5.41) is 37.3. The lowest BCUT2D eigenvalue weighted by atomic mass is 9.67. The van der Waals surface area contributed by atoms with Crippen molar-refractivity contribution in [2.75, 3.05) is 56.4 Å². The average molecular weight is 739 g/mol. The lowest BCUT2D eigenvalue weighted by molar-refractivity contribution is -0.137. The van der Waals surface area contributed by atoms with Gasteiger partial charge in [-0.15, -0.1) is 20.5 Å². The first-order valence-corrected chi connectivity index (χ1v) is 15.9. The average Bonchev–Trinajstić information content (AvgIpc) is 3.36. The van der Waals surface area contributed by atoms with Crippen molar-refractivity contribution in [3.05, 3.63) is 106 Å². The third kappa shape index (κ3) is 7.95. The Balaban J connectivity index is 2.00. The molecule has 0 atom stereocenters. The van der Waals surface area contributed by atoms with Crippen molar-refractivity contribution in [2.24, 2.45) is 41.4 Å². The van der Waals surface area contributed by atoms with Gasteiger partial charge in [0.2, 0.25) is 0 Å². The largest absolute Gasteiger partial charge is 0.418 e. The molecule has 0 aromatic heterocycles. The van der Waals surface area contributed by atoms with Gasteiger partial charge in [0.15, 0.2) is 0 Å². The van der Waals surface area contributed by atoms with Crippen molar-refractivity contribution in [2.45, 2.75) is 17.8 Å². The molecule has 278 valence electrons. The van der Waals surface area contributed by atoms with Crippen LogP contribution in [0.2, 0.25) is 0 Å². The van der Waals surface area contributed by atoms with Crippen molar-refractivity contribution in [3.8, 4) is 11.1 Å². The fourth-order valence-corrected chi connectivity index (χ4v) is 5.94. The molecule has 53 heavy (non-hydrogen) atoms. The normalized spacial score (nSPS) is 15.9. The Hall–Kier alpha value is -5.94. The van der Waals surface area contributed by atoms with E-state index in [4.69, 9.17) is 0 Å². The minimum Gasteiger partial charge on any atom is -0.285 e. The molecule has 0 spiro atoms. The van der Waals surface area contributed by atoms with Gasteiger partial charge in [-0.2, -0.15) is 26.3 Å². The third-order valence-corrected chi connectivity index (χ3v) is 7.92. The molecule has 0 radical (unpaired) electrons. The van der Waals surface area contributed by atoms with Crippen molar-refractivity contribution in [1.82, 2.24) is 20.0 Å². The van der Waals surface area contributed by atoms with Crippen LogP contribution in [0.15, 0.2) is 114 Å². The van der Waals surface area contributed by atoms with Crippen molar-refractivity contribution in [3.63, 3.8) is 0 Å². The SMILES string of the molecule is CN(C)N=Nc1ccc2c(c1)C(c1ccc(N=NN(C)C)c(C(F)(F)F)c1)(c1ccc(N=NN(C)C)c(C(F)(F)F)c1)c1cc(N=NN(C)C)ccc1-2. The first-order chi connectivity index (χ1) is 24.8. The number of rotatable bonds is 10. The molecule has 5 rings (SSSR count). The van der Waals surface area contributed by atoms with Crippen LogP contribution in [0.5, 0.6) is 0 Å². The van der Waals surface area contributed by atoms with Gasteiger partial charge in [-0.3, -0.25) is 20.0 Å². The standard InChI is InChI=1S/C35H36F6N12/c1-50(2)46-42-23-11-13-25-26-14-12-24(43-47-51(3)4)20-28(26)33(27(25)19-23,21-9-15-31(44-48-52(5)6)29(17-21)34(36,37)38)22-10-16-32(45-49-53(7)8)30(18-22)35(39,40)41/h9-20H,1-8H3. The summed E-state index contributed by atoms with van der Waals surface area (Å²) in [4.78, 5) is 0. The number of hydrogen-bond donors (Lipinski definition) is 0. The number of nitrogens with zero attached hydrogens (tertiary/aromatic N) is 12. The summed E-state index contributed by atoms with van der Waals surface area (Å²) in [5.41, 5.74) is -2.65. The summed E-state index contributed by atoms with van der Waals surface area (Å²) in [6.45, 7) is 0. The Kier molecular flexibility index (Phi) is 10.5. The van der Waals surface area contributed by atoms with Gasteiger partial charge in [-0.05, 0) is 81.9 Å². The lowest BCUT2D eigenvalue weighted by Crippen LogP contribution is -2.29. The monoisotopic (exact) mass is 738 g/mol. The van der Waals surface area contributed by atoms with Gasteiger partial charge in [0.1, 0.15) is 0 Å². The molecule has 4 aromatic carbocycles. The predicted octanol–water partition coefficient (Wildman–Crippen LogP) is 10.3. The maximum absolute atomic E-state index is 14.9. The van der Waals surface area contributed by atoms with Crippen LogP contribution < -0.4 is 0 Å². The molecule has 1 aliphatic rings. The van der Waals surface area contributed by atoms with Gasteiger partial charge in [0.05, 0.1) is 39.3 Å². The van der Waals surface area contributed by atoms with E-state index in [-0.39, 0.29) is 11.1 Å². The minimum atomic E-state index is -4.93. The Morgan fingerprint density at radius 3 is 1.09 bits per heavy atom. The molecular weight excluding hydrogens is 702 g/mol. The number of benzene rings is 4. The fourth-order valence-electron chi connectivity index (χ4n) is 5.94. The highest BCUT2D eigenvalue weighted by Crippen LogP contribution is 2.59. The maximum atomic E-state index is 14.9. The highest BCUT2D eigenvalue weighted by atomic mass is 19.4. The van der Waals surface area contributed by atoms with Crippen molar-refractivity contribution < 1.29 is 26.3 Å². The van der Waals surface area contributed by atoms with Gasteiger partial charge < -0.3 is 0 Å². The number of fused-ring (bicyclic) bond motifs is 3. The van der Waals surface area contributed by atoms with E-state index in [0.717, 1.165) is 24.3 Å². The molecule has 0 N–H and O–H groups in total. The summed E-state index contributed by atoms with van der Waals surface area (Å²) in [6.07, 6.45) is -9.86. The molecule has 0 heterocycles. The summed E-state index contributed by atoms with van der Waals surface area (Å²) < 4.78 is 89.4. The molecule has 0 aliphatic heterocycles. The van der Waals surface area contributed by atoms with Crippen LogP contribution >= 0.6 is 0 Å².